The van der Waals surface area contributed by atoms with E-state index in [2.05, 4.69) is 30.2 Å². The first-order chi connectivity index (χ1) is 9.17. The molecule has 0 bridgehead atoms. The molecule has 19 heavy (non-hydrogen) atoms. The average Bonchev–Trinajstić information content (AvgIpc) is 2.84. The summed E-state index contributed by atoms with van der Waals surface area (Å²) < 4.78 is 0. The largest absolute Gasteiger partial charge is 0.395 e. The number of hydrogen-bond acceptors (Lipinski definition) is 4. The predicted molar refractivity (Wildman–Crippen MR) is 76.2 cm³/mol. The lowest BCUT2D eigenvalue weighted by atomic mass is 9.99. The van der Waals surface area contributed by atoms with E-state index in [4.69, 9.17) is 0 Å². The molecule has 104 valence electrons. The number of nitrogens with one attached hydrogen (secondary N) is 1. The van der Waals surface area contributed by atoms with Crippen LogP contribution in [-0.4, -0.2) is 36.3 Å². The summed E-state index contributed by atoms with van der Waals surface area (Å²) in [4.78, 5) is 16.1. The lowest BCUT2D eigenvalue weighted by molar-refractivity contribution is -0.114. The fourth-order valence-electron chi connectivity index (χ4n) is 2.49. The fourth-order valence-corrected chi connectivity index (χ4v) is 2.49. The van der Waals surface area contributed by atoms with Gasteiger partial charge in [0.2, 0.25) is 0 Å². The number of ketones is 1. The smallest absolute Gasteiger partial charge is 0.166 e. The molecule has 0 saturated carbocycles. The standard InChI is InChI=1S/C15H22N2O2/c1-3-10(2)13(9-18)17-8-11-4-5-12-14(19)6-7-16-15(11)12/h4,7,10,13,17-18H,3,5-6,8-9H2,1-2H3/t10-,13?/m0/s1. The first kappa shape index (κ1) is 14.2. The summed E-state index contributed by atoms with van der Waals surface area (Å²) in [5.41, 5.74) is 2.79. The van der Waals surface area contributed by atoms with Crippen molar-refractivity contribution < 1.29 is 9.90 Å². The maximum absolute atomic E-state index is 11.7. The molecule has 1 unspecified atom stereocenters. The topological polar surface area (TPSA) is 61.7 Å². The third-order valence-corrected chi connectivity index (χ3v) is 4.06. The predicted octanol–water partition coefficient (Wildman–Crippen LogP) is 1.61. The van der Waals surface area contributed by atoms with E-state index in [0.717, 1.165) is 23.3 Å². The minimum Gasteiger partial charge on any atom is -0.395 e. The number of aliphatic hydroxyl groups is 1. The van der Waals surface area contributed by atoms with Crippen LogP contribution in [0.2, 0.25) is 0 Å². The van der Waals surface area contributed by atoms with Crippen molar-refractivity contribution in [2.75, 3.05) is 13.2 Å². The van der Waals surface area contributed by atoms with Gasteiger partial charge in [0.05, 0.1) is 12.3 Å². The quantitative estimate of drug-likeness (QED) is 0.764. The summed E-state index contributed by atoms with van der Waals surface area (Å²) in [5, 5.41) is 12.8. The first-order valence-electron chi connectivity index (χ1n) is 6.99. The highest BCUT2D eigenvalue weighted by atomic mass is 16.3. The van der Waals surface area contributed by atoms with Crippen molar-refractivity contribution in [2.24, 2.45) is 10.9 Å². The summed E-state index contributed by atoms with van der Waals surface area (Å²) in [7, 11) is 0. The van der Waals surface area contributed by atoms with Crippen molar-refractivity contribution in [1.29, 1.82) is 0 Å². The molecule has 0 radical (unpaired) electrons. The Hall–Kier alpha value is -1.26. The van der Waals surface area contributed by atoms with Crippen LogP contribution in [0.4, 0.5) is 0 Å². The average molecular weight is 262 g/mol. The monoisotopic (exact) mass is 262 g/mol. The van der Waals surface area contributed by atoms with Gasteiger partial charge >= 0.3 is 0 Å². The summed E-state index contributed by atoms with van der Waals surface area (Å²) >= 11 is 0. The van der Waals surface area contributed by atoms with Gasteiger partial charge in [-0.3, -0.25) is 9.79 Å². The van der Waals surface area contributed by atoms with Crippen LogP contribution in [0, 0.1) is 5.92 Å². The van der Waals surface area contributed by atoms with Gasteiger partial charge in [0.15, 0.2) is 5.78 Å². The Balaban J connectivity index is 1.98. The van der Waals surface area contributed by atoms with E-state index >= 15 is 0 Å². The van der Waals surface area contributed by atoms with Crippen LogP contribution in [0.5, 0.6) is 0 Å². The molecule has 1 aliphatic heterocycles. The van der Waals surface area contributed by atoms with Crippen LogP contribution in [0.3, 0.4) is 0 Å². The molecular weight excluding hydrogens is 240 g/mol. The Morgan fingerprint density at radius 2 is 2.26 bits per heavy atom. The van der Waals surface area contributed by atoms with E-state index in [0.29, 0.717) is 25.3 Å². The molecule has 0 aromatic carbocycles. The third-order valence-electron chi connectivity index (χ3n) is 4.06. The first-order valence-corrected chi connectivity index (χ1v) is 6.99. The van der Waals surface area contributed by atoms with Crippen LogP contribution in [0.25, 0.3) is 0 Å². The zero-order valence-corrected chi connectivity index (χ0v) is 11.6. The van der Waals surface area contributed by atoms with Crippen LogP contribution in [-0.2, 0) is 4.79 Å². The molecule has 4 nitrogen and oxygen atoms in total. The second-order valence-electron chi connectivity index (χ2n) is 5.26. The summed E-state index contributed by atoms with van der Waals surface area (Å²) in [6.07, 6.45) is 5.93. The summed E-state index contributed by atoms with van der Waals surface area (Å²) in [6, 6.07) is 0.0961. The Kier molecular flexibility index (Phi) is 4.66. The molecule has 0 fully saturated rings. The van der Waals surface area contributed by atoms with Gasteiger partial charge in [0.25, 0.3) is 0 Å². The van der Waals surface area contributed by atoms with Crippen molar-refractivity contribution in [1.82, 2.24) is 5.32 Å². The second kappa shape index (κ2) is 6.26. The Morgan fingerprint density at radius 3 is 2.95 bits per heavy atom. The van der Waals surface area contributed by atoms with Crippen LogP contribution in [0.1, 0.15) is 33.1 Å². The third kappa shape index (κ3) is 3.01. The molecular formula is C15H22N2O2. The zero-order valence-electron chi connectivity index (χ0n) is 11.6. The maximum Gasteiger partial charge on any atom is 0.166 e. The molecule has 2 aliphatic rings. The SMILES string of the molecule is CC[C@H](C)C(CO)NCC1=CCC2=C1N=CCC2=O. The van der Waals surface area contributed by atoms with Crippen molar-refractivity contribution >= 4 is 12.0 Å². The number of nitrogens with zero attached hydrogens (tertiary/aromatic N) is 1. The number of allylic oxidation sites excluding steroid dienone is 2. The molecule has 0 spiro atoms. The Morgan fingerprint density at radius 1 is 1.47 bits per heavy atom. The van der Waals surface area contributed by atoms with Crippen LogP contribution >= 0.6 is 0 Å². The van der Waals surface area contributed by atoms with E-state index < -0.39 is 0 Å². The Bertz CT molecular complexity index is 449. The number of aliphatic hydroxyl groups excluding tert-OH is 1. The molecule has 0 aromatic heterocycles. The van der Waals surface area contributed by atoms with E-state index in [9.17, 15) is 9.90 Å². The lowest BCUT2D eigenvalue weighted by Gasteiger charge is -2.23. The summed E-state index contributed by atoms with van der Waals surface area (Å²) in [6.45, 7) is 5.05. The number of Topliss-reactive ketones (excluding diaryl/α,β-unsaturated/α-hetero) is 1. The van der Waals surface area contributed by atoms with E-state index in [1.807, 2.05) is 0 Å². The van der Waals surface area contributed by atoms with Gasteiger partial charge in [0.1, 0.15) is 0 Å². The molecule has 2 atom stereocenters. The van der Waals surface area contributed by atoms with Crippen LogP contribution in [0.15, 0.2) is 27.9 Å². The van der Waals surface area contributed by atoms with E-state index in [1.54, 1.807) is 6.21 Å². The van der Waals surface area contributed by atoms with E-state index in [-0.39, 0.29) is 18.4 Å². The van der Waals surface area contributed by atoms with Gasteiger partial charge < -0.3 is 10.4 Å². The van der Waals surface area contributed by atoms with Gasteiger partial charge in [-0.05, 0) is 17.9 Å². The summed E-state index contributed by atoms with van der Waals surface area (Å²) in [5.74, 6) is 0.619. The zero-order chi connectivity index (χ0) is 13.8. The van der Waals surface area contributed by atoms with Gasteiger partial charge in [0, 0.05) is 30.8 Å². The molecule has 0 amide bonds. The molecule has 2 N–H and O–H groups in total. The van der Waals surface area contributed by atoms with Crippen molar-refractivity contribution in [3.8, 4) is 0 Å². The lowest BCUT2D eigenvalue weighted by Crippen LogP contribution is -2.39. The minimum atomic E-state index is 0.0961. The Labute approximate surface area is 114 Å². The van der Waals surface area contributed by atoms with Crippen LogP contribution < -0.4 is 5.32 Å². The number of rotatable bonds is 6. The van der Waals surface area contributed by atoms with Gasteiger partial charge in [-0.25, -0.2) is 0 Å². The fraction of sp³-hybridized carbons (Fsp3) is 0.600. The normalized spacial score (nSPS) is 21.4. The number of carbonyl (C=O) groups is 1. The molecule has 0 saturated heterocycles. The number of aliphatic imine (C=N–C) groups is 1. The highest BCUT2D eigenvalue weighted by Gasteiger charge is 2.25. The minimum absolute atomic E-state index is 0.0961. The van der Waals surface area contributed by atoms with Gasteiger partial charge in [-0.2, -0.15) is 0 Å². The molecule has 0 aromatic rings. The molecule has 2 rings (SSSR count). The molecule has 1 heterocycles. The molecule has 4 heteroatoms. The van der Waals surface area contributed by atoms with Gasteiger partial charge in [-0.15, -0.1) is 0 Å². The number of hydrogen-bond donors (Lipinski definition) is 2. The molecule has 1 aliphatic carbocycles. The van der Waals surface area contributed by atoms with Crippen molar-refractivity contribution in [3.05, 3.63) is 22.9 Å². The van der Waals surface area contributed by atoms with Crippen molar-refractivity contribution in [3.63, 3.8) is 0 Å². The van der Waals surface area contributed by atoms with E-state index in [1.165, 1.54) is 0 Å². The van der Waals surface area contributed by atoms with Gasteiger partial charge in [-0.1, -0.05) is 26.3 Å². The maximum atomic E-state index is 11.7. The highest BCUT2D eigenvalue weighted by Crippen LogP contribution is 2.30. The van der Waals surface area contributed by atoms with Crippen molar-refractivity contribution in [2.45, 2.75) is 39.2 Å². The number of carbonyl (C=O) groups excluding carboxylic acids is 1. The second-order valence-corrected chi connectivity index (χ2v) is 5.26. The highest BCUT2D eigenvalue weighted by molar-refractivity contribution is 6.07.